The highest BCUT2D eigenvalue weighted by molar-refractivity contribution is 5.66. The molecule has 0 amide bonds. The summed E-state index contributed by atoms with van der Waals surface area (Å²) in [5, 5.41) is 8.69. The van der Waals surface area contributed by atoms with Gasteiger partial charge in [0.15, 0.2) is 0 Å². The molecular formula is C16H25NO3. The minimum atomic E-state index is -0.719. The third-order valence-electron chi connectivity index (χ3n) is 3.56. The van der Waals surface area contributed by atoms with Gasteiger partial charge in [-0.15, -0.1) is 0 Å². The van der Waals surface area contributed by atoms with Crippen LogP contribution in [0.3, 0.4) is 0 Å². The van der Waals surface area contributed by atoms with Gasteiger partial charge in [-0.25, -0.2) is 0 Å². The molecule has 1 unspecified atom stereocenters. The number of ether oxygens (including phenoxy) is 1. The lowest BCUT2D eigenvalue weighted by Crippen LogP contribution is -2.35. The number of carboxylic acids is 1. The van der Waals surface area contributed by atoms with Gasteiger partial charge in [-0.3, -0.25) is 4.79 Å². The lowest BCUT2D eigenvalue weighted by atomic mass is 10.1. The SMILES string of the molecule is CCN(CCCC(=O)O)C(C)Cc1ccc(OC)cc1. The second-order valence-electron chi connectivity index (χ2n) is 5.03. The number of aliphatic carboxylic acids is 1. The topological polar surface area (TPSA) is 49.8 Å². The van der Waals surface area contributed by atoms with Crippen molar-refractivity contribution >= 4 is 5.97 Å². The van der Waals surface area contributed by atoms with Crippen LogP contribution in [0.15, 0.2) is 24.3 Å². The standard InChI is InChI=1S/C16H25NO3/c1-4-17(11-5-6-16(18)19)13(2)12-14-7-9-15(20-3)10-8-14/h7-10,13H,4-6,11-12H2,1-3H3,(H,18,19). The summed E-state index contributed by atoms with van der Waals surface area (Å²) in [4.78, 5) is 12.9. The quantitative estimate of drug-likeness (QED) is 0.755. The molecule has 1 N–H and O–H groups in total. The Morgan fingerprint density at radius 3 is 2.50 bits per heavy atom. The molecule has 0 bridgehead atoms. The molecule has 0 radical (unpaired) electrons. The lowest BCUT2D eigenvalue weighted by molar-refractivity contribution is -0.137. The number of carbonyl (C=O) groups is 1. The summed E-state index contributed by atoms with van der Waals surface area (Å²) in [6, 6.07) is 8.52. The fourth-order valence-corrected chi connectivity index (χ4v) is 2.36. The van der Waals surface area contributed by atoms with E-state index in [1.165, 1.54) is 5.56 Å². The highest BCUT2D eigenvalue weighted by Crippen LogP contribution is 2.14. The maximum Gasteiger partial charge on any atom is 0.303 e. The summed E-state index contributed by atoms with van der Waals surface area (Å²) >= 11 is 0. The Kier molecular flexibility index (Phi) is 7.09. The predicted molar refractivity (Wildman–Crippen MR) is 80.3 cm³/mol. The average molecular weight is 279 g/mol. The van der Waals surface area contributed by atoms with Crippen LogP contribution in [-0.2, 0) is 11.2 Å². The molecule has 20 heavy (non-hydrogen) atoms. The largest absolute Gasteiger partial charge is 0.497 e. The molecule has 0 saturated heterocycles. The van der Waals surface area contributed by atoms with Gasteiger partial charge < -0.3 is 14.7 Å². The van der Waals surface area contributed by atoms with Crippen molar-refractivity contribution in [3.8, 4) is 5.75 Å². The van der Waals surface area contributed by atoms with Gasteiger partial charge in [-0.1, -0.05) is 19.1 Å². The first-order chi connectivity index (χ1) is 9.56. The first kappa shape index (κ1) is 16.5. The highest BCUT2D eigenvalue weighted by atomic mass is 16.5. The van der Waals surface area contributed by atoms with E-state index in [1.807, 2.05) is 12.1 Å². The molecule has 0 spiro atoms. The molecule has 1 rings (SSSR count). The normalized spacial score (nSPS) is 12.4. The van der Waals surface area contributed by atoms with E-state index < -0.39 is 5.97 Å². The zero-order valence-electron chi connectivity index (χ0n) is 12.6. The monoisotopic (exact) mass is 279 g/mol. The number of carboxylic acid groups (broad SMARTS) is 1. The van der Waals surface area contributed by atoms with Crippen molar-refractivity contribution in [3.63, 3.8) is 0 Å². The van der Waals surface area contributed by atoms with Crippen LogP contribution in [0.2, 0.25) is 0 Å². The first-order valence-electron chi connectivity index (χ1n) is 7.15. The van der Waals surface area contributed by atoms with Crippen molar-refractivity contribution in [2.45, 2.75) is 39.2 Å². The smallest absolute Gasteiger partial charge is 0.303 e. The van der Waals surface area contributed by atoms with Gasteiger partial charge >= 0.3 is 5.97 Å². The van der Waals surface area contributed by atoms with E-state index in [9.17, 15) is 4.79 Å². The second kappa shape index (κ2) is 8.59. The third kappa shape index (κ3) is 5.61. The van der Waals surface area contributed by atoms with E-state index in [0.717, 1.165) is 25.3 Å². The first-order valence-corrected chi connectivity index (χ1v) is 7.15. The third-order valence-corrected chi connectivity index (χ3v) is 3.56. The van der Waals surface area contributed by atoms with Crippen LogP contribution in [0, 0.1) is 0 Å². The van der Waals surface area contributed by atoms with Crippen LogP contribution in [-0.4, -0.2) is 42.2 Å². The van der Waals surface area contributed by atoms with Crippen LogP contribution in [0.25, 0.3) is 0 Å². The van der Waals surface area contributed by atoms with Crippen molar-refractivity contribution in [1.29, 1.82) is 0 Å². The molecule has 0 saturated carbocycles. The highest BCUT2D eigenvalue weighted by Gasteiger charge is 2.13. The van der Waals surface area contributed by atoms with E-state index in [0.29, 0.717) is 12.5 Å². The maximum atomic E-state index is 10.6. The van der Waals surface area contributed by atoms with Gasteiger partial charge in [0.25, 0.3) is 0 Å². The van der Waals surface area contributed by atoms with Crippen LogP contribution < -0.4 is 4.74 Å². The number of hydrogen-bond donors (Lipinski definition) is 1. The molecule has 112 valence electrons. The number of nitrogens with zero attached hydrogens (tertiary/aromatic N) is 1. The Morgan fingerprint density at radius 1 is 1.35 bits per heavy atom. The van der Waals surface area contributed by atoms with E-state index in [-0.39, 0.29) is 6.42 Å². The second-order valence-corrected chi connectivity index (χ2v) is 5.03. The summed E-state index contributed by atoms with van der Waals surface area (Å²) in [6.45, 7) is 6.08. The summed E-state index contributed by atoms with van der Waals surface area (Å²) in [5.41, 5.74) is 1.27. The molecule has 1 aromatic carbocycles. The Balaban J connectivity index is 2.48. The number of benzene rings is 1. The van der Waals surface area contributed by atoms with Crippen molar-refractivity contribution in [1.82, 2.24) is 4.90 Å². The van der Waals surface area contributed by atoms with Crippen LogP contribution in [0.4, 0.5) is 0 Å². The summed E-state index contributed by atoms with van der Waals surface area (Å²) in [6.07, 6.45) is 1.91. The van der Waals surface area contributed by atoms with Gasteiger partial charge in [-0.2, -0.15) is 0 Å². The van der Waals surface area contributed by atoms with E-state index >= 15 is 0 Å². The summed E-state index contributed by atoms with van der Waals surface area (Å²) < 4.78 is 5.15. The summed E-state index contributed by atoms with van der Waals surface area (Å²) in [5.74, 6) is 0.152. The molecule has 4 nitrogen and oxygen atoms in total. The molecule has 0 aliphatic rings. The van der Waals surface area contributed by atoms with Gasteiger partial charge in [0, 0.05) is 12.5 Å². The van der Waals surface area contributed by atoms with Gasteiger partial charge in [0.05, 0.1) is 7.11 Å². The molecule has 0 aliphatic heterocycles. The molecular weight excluding hydrogens is 254 g/mol. The van der Waals surface area contributed by atoms with Crippen LogP contribution in [0.5, 0.6) is 5.75 Å². The van der Waals surface area contributed by atoms with Crippen molar-refractivity contribution < 1.29 is 14.6 Å². The molecule has 4 heteroatoms. The van der Waals surface area contributed by atoms with Crippen molar-refractivity contribution in [3.05, 3.63) is 29.8 Å². The minimum Gasteiger partial charge on any atom is -0.497 e. The number of likely N-dealkylation sites (N-methyl/N-ethyl adjacent to an activating group) is 1. The maximum absolute atomic E-state index is 10.6. The molecule has 0 fully saturated rings. The molecule has 0 aromatic heterocycles. The van der Waals surface area contributed by atoms with Crippen molar-refractivity contribution in [2.24, 2.45) is 0 Å². The van der Waals surface area contributed by atoms with Gasteiger partial charge in [0.1, 0.15) is 5.75 Å². The molecule has 1 aromatic rings. The summed E-state index contributed by atoms with van der Waals surface area (Å²) in [7, 11) is 1.67. The molecule has 0 heterocycles. The zero-order valence-corrected chi connectivity index (χ0v) is 12.6. The zero-order chi connectivity index (χ0) is 15.0. The lowest BCUT2D eigenvalue weighted by Gasteiger charge is -2.27. The Labute approximate surface area is 121 Å². The Morgan fingerprint density at radius 2 is 2.00 bits per heavy atom. The molecule has 0 aliphatic carbocycles. The van der Waals surface area contributed by atoms with Gasteiger partial charge in [0.2, 0.25) is 0 Å². The van der Waals surface area contributed by atoms with Gasteiger partial charge in [-0.05, 0) is 50.6 Å². The number of methoxy groups -OCH3 is 1. The van der Waals surface area contributed by atoms with Crippen LogP contribution >= 0.6 is 0 Å². The van der Waals surface area contributed by atoms with E-state index in [1.54, 1.807) is 7.11 Å². The number of rotatable bonds is 9. The minimum absolute atomic E-state index is 0.242. The number of hydrogen-bond acceptors (Lipinski definition) is 3. The van der Waals surface area contributed by atoms with Crippen molar-refractivity contribution in [2.75, 3.05) is 20.2 Å². The Bertz CT molecular complexity index is 403. The van der Waals surface area contributed by atoms with E-state index in [4.69, 9.17) is 9.84 Å². The average Bonchev–Trinajstić information content (AvgIpc) is 2.44. The fourth-order valence-electron chi connectivity index (χ4n) is 2.36. The van der Waals surface area contributed by atoms with Crippen LogP contribution in [0.1, 0.15) is 32.3 Å². The fraction of sp³-hybridized carbons (Fsp3) is 0.562. The predicted octanol–water partition coefficient (Wildman–Crippen LogP) is 2.81. The Hall–Kier alpha value is -1.55. The molecule has 1 atom stereocenters. The van der Waals surface area contributed by atoms with E-state index in [2.05, 4.69) is 30.9 Å².